The Hall–Kier alpha value is -1.84. The number of carbonyl (C=O) groups excluding carboxylic acids is 1. The van der Waals surface area contributed by atoms with Gasteiger partial charge >= 0.3 is 0 Å². The highest BCUT2D eigenvalue weighted by atomic mass is 35.5. The summed E-state index contributed by atoms with van der Waals surface area (Å²) >= 11 is 0. The van der Waals surface area contributed by atoms with Crippen LogP contribution in [0, 0.1) is 11.8 Å². The molecular weight excluding hydrogens is 332 g/mol. The van der Waals surface area contributed by atoms with Gasteiger partial charge in [-0.05, 0) is 36.6 Å². The van der Waals surface area contributed by atoms with Gasteiger partial charge in [0.05, 0.1) is 0 Å². The topological polar surface area (TPSA) is 32.3 Å². The van der Waals surface area contributed by atoms with E-state index >= 15 is 0 Å². The summed E-state index contributed by atoms with van der Waals surface area (Å²) < 4.78 is 0. The minimum absolute atomic E-state index is 0. The quantitative estimate of drug-likeness (QED) is 0.821. The van der Waals surface area contributed by atoms with Crippen LogP contribution in [0.3, 0.4) is 0 Å². The lowest BCUT2D eigenvalue weighted by Gasteiger charge is -2.35. The Morgan fingerprint density at radius 1 is 1.04 bits per heavy atom. The zero-order valence-electron chi connectivity index (χ0n) is 14.7. The fourth-order valence-electron chi connectivity index (χ4n) is 3.13. The zero-order valence-corrected chi connectivity index (χ0v) is 15.5. The summed E-state index contributed by atoms with van der Waals surface area (Å²) in [5.74, 6) is 0.847. The predicted octanol–water partition coefficient (Wildman–Crippen LogP) is 3.54. The molecule has 1 heterocycles. The van der Waals surface area contributed by atoms with E-state index in [4.69, 9.17) is 0 Å². The van der Waals surface area contributed by atoms with Crippen LogP contribution in [0.2, 0.25) is 0 Å². The smallest absolute Gasteiger partial charge is 0.226 e. The fourth-order valence-corrected chi connectivity index (χ4v) is 3.13. The van der Waals surface area contributed by atoms with E-state index in [0.717, 1.165) is 26.1 Å². The first-order valence-electron chi connectivity index (χ1n) is 8.81. The van der Waals surface area contributed by atoms with Crippen LogP contribution < -0.4 is 5.32 Å². The molecule has 1 unspecified atom stereocenters. The van der Waals surface area contributed by atoms with Crippen LogP contribution in [-0.2, 0) is 17.8 Å². The van der Waals surface area contributed by atoms with Crippen LogP contribution in [0.5, 0.6) is 0 Å². The molecule has 4 heteroatoms. The van der Waals surface area contributed by atoms with Gasteiger partial charge in [-0.15, -0.1) is 12.4 Å². The van der Waals surface area contributed by atoms with Crippen molar-refractivity contribution in [1.82, 2.24) is 10.2 Å². The van der Waals surface area contributed by atoms with E-state index in [-0.39, 0.29) is 24.2 Å². The van der Waals surface area contributed by atoms with Crippen molar-refractivity contribution in [2.24, 2.45) is 11.8 Å². The van der Waals surface area contributed by atoms with Gasteiger partial charge in [-0.1, -0.05) is 67.6 Å². The molecule has 0 saturated carbocycles. The molecule has 2 aromatic rings. The van der Waals surface area contributed by atoms with Gasteiger partial charge in [0, 0.05) is 19.0 Å². The van der Waals surface area contributed by atoms with Gasteiger partial charge in [0.15, 0.2) is 0 Å². The number of halogens is 1. The summed E-state index contributed by atoms with van der Waals surface area (Å²) in [6.07, 6.45) is 0.898. The third-order valence-electron chi connectivity index (χ3n) is 4.95. The van der Waals surface area contributed by atoms with E-state index in [9.17, 15) is 4.79 Å². The molecule has 1 aliphatic heterocycles. The van der Waals surface area contributed by atoms with Gasteiger partial charge in [0.25, 0.3) is 0 Å². The molecule has 1 fully saturated rings. The first kappa shape index (κ1) is 19.5. The van der Waals surface area contributed by atoms with Gasteiger partial charge in [-0.25, -0.2) is 0 Å². The van der Waals surface area contributed by atoms with Crippen LogP contribution in [0.25, 0.3) is 0 Å². The first-order chi connectivity index (χ1) is 11.7. The Morgan fingerprint density at radius 2 is 1.60 bits per heavy atom. The van der Waals surface area contributed by atoms with E-state index in [1.54, 1.807) is 0 Å². The molecule has 3 rings (SSSR count). The minimum Gasteiger partial charge on any atom is -0.338 e. The summed E-state index contributed by atoms with van der Waals surface area (Å²) in [6.45, 7) is 5.46. The summed E-state index contributed by atoms with van der Waals surface area (Å²) in [6, 6.07) is 20.7. The third kappa shape index (κ3) is 5.32. The van der Waals surface area contributed by atoms with Gasteiger partial charge in [0.1, 0.15) is 0 Å². The number of hydrogen-bond donors (Lipinski definition) is 1. The summed E-state index contributed by atoms with van der Waals surface area (Å²) in [5, 5.41) is 3.27. The Kier molecular flexibility index (Phi) is 7.48. The van der Waals surface area contributed by atoms with Crippen LogP contribution in [-0.4, -0.2) is 30.4 Å². The molecule has 0 aromatic heterocycles. The number of hydrogen-bond acceptors (Lipinski definition) is 2. The standard InChI is InChI=1S/C21H26N2O.ClH/c1-17(20-14-22-15-20)21(24)23(16-19-10-6-3-7-11-19)13-12-18-8-4-2-5-9-18;/h2-11,17,20,22H,12-16H2,1H3;1H. The maximum Gasteiger partial charge on any atom is 0.226 e. The number of carbonyl (C=O) groups is 1. The molecule has 2 aromatic carbocycles. The molecular formula is C21H27ClN2O. The van der Waals surface area contributed by atoms with Crippen molar-refractivity contribution >= 4 is 18.3 Å². The molecule has 1 aliphatic rings. The van der Waals surface area contributed by atoms with Crippen molar-refractivity contribution in [1.29, 1.82) is 0 Å². The lowest BCUT2D eigenvalue weighted by Crippen LogP contribution is -2.50. The number of nitrogens with zero attached hydrogens (tertiary/aromatic N) is 1. The van der Waals surface area contributed by atoms with Crippen molar-refractivity contribution < 1.29 is 4.79 Å². The Labute approximate surface area is 156 Å². The average molecular weight is 359 g/mol. The SMILES string of the molecule is CC(C(=O)N(CCc1ccccc1)Cc1ccccc1)C1CNC1.Cl. The highest BCUT2D eigenvalue weighted by molar-refractivity contribution is 5.85. The maximum atomic E-state index is 13.0. The van der Waals surface area contributed by atoms with E-state index in [0.29, 0.717) is 12.5 Å². The predicted molar refractivity (Wildman–Crippen MR) is 105 cm³/mol. The van der Waals surface area contributed by atoms with Crippen LogP contribution in [0.15, 0.2) is 60.7 Å². The van der Waals surface area contributed by atoms with Crippen molar-refractivity contribution in [2.45, 2.75) is 19.9 Å². The van der Waals surface area contributed by atoms with Crippen LogP contribution in [0.4, 0.5) is 0 Å². The lowest BCUT2D eigenvalue weighted by atomic mass is 9.87. The van der Waals surface area contributed by atoms with E-state index in [1.807, 2.05) is 29.2 Å². The number of rotatable bonds is 7. The molecule has 0 spiro atoms. The number of benzene rings is 2. The summed E-state index contributed by atoms with van der Waals surface area (Å²) in [4.78, 5) is 15.0. The van der Waals surface area contributed by atoms with Gasteiger partial charge in [-0.3, -0.25) is 4.79 Å². The second kappa shape index (κ2) is 9.59. The maximum absolute atomic E-state index is 13.0. The Bertz CT molecular complexity index is 643. The molecule has 0 bridgehead atoms. The van der Waals surface area contributed by atoms with Crippen molar-refractivity contribution in [3.8, 4) is 0 Å². The monoisotopic (exact) mass is 358 g/mol. The number of nitrogens with one attached hydrogen (secondary N) is 1. The molecule has 0 radical (unpaired) electrons. The van der Waals surface area contributed by atoms with E-state index in [1.165, 1.54) is 11.1 Å². The summed E-state index contributed by atoms with van der Waals surface area (Å²) in [7, 11) is 0. The van der Waals surface area contributed by atoms with Gasteiger partial charge in [0.2, 0.25) is 5.91 Å². The lowest BCUT2D eigenvalue weighted by molar-refractivity contribution is -0.138. The molecule has 1 N–H and O–H groups in total. The third-order valence-corrected chi connectivity index (χ3v) is 4.95. The first-order valence-corrected chi connectivity index (χ1v) is 8.81. The second-order valence-electron chi connectivity index (χ2n) is 6.69. The molecule has 0 aliphatic carbocycles. The minimum atomic E-state index is 0. The van der Waals surface area contributed by atoms with Crippen LogP contribution >= 0.6 is 12.4 Å². The highest BCUT2D eigenvalue weighted by Gasteiger charge is 2.31. The second-order valence-corrected chi connectivity index (χ2v) is 6.69. The van der Waals surface area contributed by atoms with E-state index < -0.39 is 0 Å². The normalized spacial score (nSPS) is 14.9. The highest BCUT2D eigenvalue weighted by Crippen LogP contribution is 2.20. The number of amides is 1. The summed E-state index contributed by atoms with van der Waals surface area (Å²) in [5.41, 5.74) is 2.47. The van der Waals surface area contributed by atoms with Crippen molar-refractivity contribution in [3.05, 3.63) is 71.8 Å². The van der Waals surface area contributed by atoms with Gasteiger partial charge in [-0.2, -0.15) is 0 Å². The Morgan fingerprint density at radius 3 is 2.12 bits per heavy atom. The van der Waals surface area contributed by atoms with Gasteiger partial charge < -0.3 is 10.2 Å². The van der Waals surface area contributed by atoms with Crippen molar-refractivity contribution in [2.75, 3.05) is 19.6 Å². The molecule has 1 amide bonds. The average Bonchev–Trinajstić information content (AvgIpc) is 2.58. The van der Waals surface area contributed by atoms with Crippen molar-refractivity contribution in [3.63, 3.8) is 0 Å². The van der Waals surface area contributed by atoms with Crippen LogP contribution in [0.1, 0.15) is 18.1 Å². The van der Waals surface area contributed by atoms with E-state index in [2.05, 4.69) is 48.6 Å². The Balaban J connectivity index is 0.00000225. The zero-order chi connectivity index (χ0) is 16.8. The largest absolute Gasteiger partial charge is 0.338 e. The molecule has 1 atom stereocenters. The molecule has 3 nitrogen and oxygen atoms in total. The molecule has 25 heavy (non-hydrogen) atoms. The fraction of sp³-hybridized carbons (Fsp3) is 0.381. The molecule has 134 valence electrons. The molecule has 1 saturated heterocycles.